The van der Waals surface area contributed by atoms with E-state index >= 15 is 0 Å². The summed E-state index contributed by atoms with van der Waals surface area (Å²) < 4.78 is 6.82. The Labute approximate surface area is 156 Å². The summed E-state index contributed by atoms with van der Waals surface area (Å²) in [6.07, 6.45) is 3.66. The first-order valence-electron chi connectivity index (χ1n) is 8.80. The van der Waals surface area contributed by atoms with Crippen LogP contribution < -0.4 is 15.2 Å². The van der Waals surface area contributed by atoms with E-state index in [1.54, 1.807) is 28.3 Å². The highest BCUT2D eigenvalue weighted by atomic mass is 32.2. The fraction of sp³-hybridized carbons (Fsp3) is 0.421. The molecule has 0 unspecified atom stereocenters. The minimum Gasteiger partial charge on any atom is -0.497 e. The maximum atomic E-state index is 13.3. The third kappa shape index (κ3) is 3.00. The third-order valence-corrected chi connectivity index (χ3v) is 6.04. The average Bonchev–Trinajstić information content (AvgIpc) is 3.40. The molecule has 1 saturated carbocycles. The number of aromatic nitrogens is 2. The van der Waals surface area contributed by atoms with Gasteiger partial charge in [-0.1, -0.05) is 11.8 Å². The van der Waals surface area contributed by atoms with Gasteiger partial charge < -0.3 is 9.64 Å². The van der Waals surface area contributed by atoms with E-state index < -0.39 is 0 Å². The van der Waals surface area contributed by atoms with Crippen molar-refractivity contribution in [1.29, 1.82) is 0 Å². The van der Waals surface area contributed by atoms with Crippen molar-refractivity contribution in [3.05, 3.63) is 46.4 Å². The fourth-order valence-corrected chi connectivity index (χ4v) is 4.28. The Balaban J connectivity index is 1.74. The number of rotatable bonds is 5. The number of amides is 1. The largest absolute Gasteiger partial charge is 0.497 e. The van der Waals surface area contributed by atoms with E-state index in [0.29, 0.717) is 17.6 Å². The molecule has 7 heteroatoms. The second-order valence-corrected chi connectivity index (χ2v) is 7.77. The Hall–Kier alpha value is -2.28. The van der Waals surface area contributed by atoms with Crippen LogP contribution >= 0.6 is 11.8 Å². The Bertz CT molecular complexity index is 890. The predicted molar refractivity (Wildman–Crippen MR) is 101 cm³/mol. The van der Waals surface area contributed by atoms with Crippen LogP contribution in [0.2, 0.25) is 0 Å². The van der Waals surface area contributed by atoms with Crippen LogP contribution in [0.25, 0.3) is 0 Å². The Kier molecular flexibility index (Phi) is 4.48. The molecular formula is C19H21N3O3S. The number of carbonyl (C=O) groups is 1. The highest BCUT2D eigenvalue weighted by Crippen LogP contribution is 2.37. The van der Waals surface area contributed by atoms with Crippen molar-refractivity contribution >= 4 is 23.4 Å². The number of methoxy groups -OCH3 is 1. The molecule has 0 N–H and O–H groups in total. The molecule has 0 saturated heterocycles. The number of hydrogen-bond donors (Lipinski definition) is 0. The number of hydrogen-bond acceptors (Lipinski definition) is 5. The molecule has 2 heterocycles. The number of ether oxygens (including phenoxy) is 1. The number of benzene rings is 1. The lowest BCUT2D eigenvalue weighted by Crippen LogP contribution is -2.43. The molecule has 0 spiro atoms. The molecule has 1 aromatic heterocycles. The van der Waals surface area contributed by atoms with E-state index in [9.17, 15) is 9.59 Å². The van der Waals surface area contributed by atoms with Gasteiger partial charge in [-0.2, -0.15) is 0 Å². The van der Waals surface area contributed by atoms with Crippen molar-refractivity contribution in [3.8, 4) is 5.75 Å². The molecule has 6 nitrogen and oxygen atoms in total. The molecule has 1 fully saturated rings. The highest BCUT2D eigenvalue weighted by molar-refractivity contribution is 7.99. The molecule has 1 atom stereocenters. The molecule has 4 rings (SSSR count). The fourth-order valence-electron chi connectivity index (χ4n) is 3.36. The first kappa shape index (κ1) is 17.1. The van der Waals surface area contributed by atoms with Crippen LogP contribution in [0.15, 0.2) is 40.4 Å². The van der Waals surface area contributed by atoms with Gasteiger partial charge in [0.15, 0.2) is 5.16 Å². The Morgan fingerprint density at radius 2 is 2.08 bits per heavy atom. The highest BCUT2D eigenvalue weighted by Gasteiger charge is 2.36. The monoisotopic (exact) mass is 371 g/mol. The van der Waals surface area contributed by atoms with Gasteiger partial charge in [0.25, 0.3) is 11.5 Å². The van der Waals surface area contributed by atoms with Gasteiger partial charge >= 0.3 is 0 Å². The standard InChI is InChI=1S/C19H21N3O3S/c1-12(13-3-4-13)22(14-5-7-15(25-2)8-6-14)18(24)16-11-20-19-21(17(16)23)9-10-26-19/h5-8,11-13H,3-4,9-10H2,1-2H3/t12-/m0/s1. The summed E-state index contributed by atoms with van der Waals surface area (Å²) in [5.41, 5.74) is 0.667. The molecule has 1 aliphatic heterocycles. The van der Waals surface area contributed by atoms with Gasteiger partial charge in [0.05, 0.1) is 7.11 Å². The maximum Gasteiger partial charge on any atom is 0.267 e. The van der Waals surface area contributed by atoms with Gasteiger partial charge in [0.2, 0.25) is 0 Å². The van der Waals surface area contributed by atoms with Gasteiger partial charge in [-0.25, -0.2) is 4.98 Å². The van der Waals surface area contributed by atoms with Crippen LogP contribution in [0, 0.1) is 5.92 Å². The van der Waals surface area contributed by atoms with E-state index in [2.05, 4.69) is 4.98 Å². The summed E-state index contributed by atoms with van der Waals surface area (Å²) >= 11 is 1.55. The lowest BCUT2D eigenvalue weighted by molar-refractivity contribution is 0.0973. The zero-order chi connectivity index (χ0) is 18.3. The van der Waals surface area contributed by atoms with E-state index in [4.69, 9.17) is 4.74 Å². The molecule has 0 radical (unpaired) electrons. The second-order valence-electron chi connectivity index (χ2n) is 6.71. The number of anilines is 1. The normalized spacial score (nSPS) is 16.8. The predicted octanol–water partition coefficient (Wildman–Crippen LogP) is 2.80. The van der Waals surface area contributed by atoms with Crippen molar-refractivity contribution in [1.82, 2.24) is 9.55 Å². The Morgan fingerprint density at radius 1 is 1.35 bits per heavy atom. The van der Waals surface area contributed by atoms with Gasteiger partial charge in [0, 0.05) is 30.2 Å². The van der Waals surface area contributed by atoms with E-state index in [-0.39, 0.29) is 23.1 Å². The van der Waals surface area contributed by atoms with Crippen LogP contribution in [0.5, 0.6) is 5.75 Å². The quantitative estimate of drug-likeness (QED) is 0.756. The van der Waals surface area contributed by atoms with Gasteiger partial charge in [-0.3, -0.25) is 14.2 Å². The molecule has 136 valence electrons. The van der Waals surface area contributed by atoms with E-state index in [1.807, 2.05) is 31.2 Å². The van der Waals surface area contributed by atoms with Gasteiger partial charge in [-0.05, 0) is 49.9 Å². The van der Waals surface area contributed by atoms with Gasteiger partial charge in [-0.15, -0.1) is 0 Å². The number of thioether (sulfide) groups is 1. The van der Waals surface area contributed by atoms with Crippen LogP contribution in [-0.4, -0.2) is 34.4 Å². The minimum absolute atomic E-state index is 0.0305. The van der Waals surface area contributed by atoms with Crippen molar-refractivity contribution in [2.75, 3.05) is 17.8 Å². The summed E-state index contributed by atoms with van der Waals surface area (Å²) in [6, 6.07) is 7.43. The van der Waals surface area contributed by atoms with Crippen molar-refractivity contribution in [3.63, 3.8) is 0 Å². The second kappa shape index (κ2) is 6.79. The molecule has 2 aliphatic rings. The molecule has 1 aliphatic carbocycles. The Morgan fingerprint density at radius 3 is 2.73 bits per heavy atom. The van der Waals surface area contributed by atoms with Crippen molar-refractivity contribution in [2.24, 2.45) is 5.92 Å². The van der Waals surface area contributed by atoms with E-state index in [0.717, 1.165) is 30.0 Å². The van der Waals surface area contributed by atoms with Crippen LogP contribution in [-0.2, 0) is 6.54 Å². The van der Waals surface area contributed by atoms with Crippen molar-refractivity contribution < 1.29 is 9.53 Å². The number of carbonyl (C=O) groups excluding carboxylic acids is 1. The van der Waals surface area contributed by atoms with Crippen molar-refractivity contribution in [2.45, 2.75) is 37.5 Å². The zero-order valence-corrected chi connectivity index (χ0v) is 15.7. The average molecular weight is 371 g/mol. The van der Waals surface area contributed by atoms with Crippen LogP contribution in [0.4, 0.5) is 5.69 Å². The molecule has 26 heavy (non-hydrogen) atoms. The number of nitrogens with zero attached hydrogens (tertiary/aromatic N) is 3. The topological polar surface area (TPSA) is 64.4 Å². The van der Waals surface area contributed by atoms with Gasteiger partial charge in [0.1, 0.15) is 11.3 Å². The SMILES string of the molecule is COc1ccc(N(C(=O)c2cnc3n(c2=O)CCS3)[C@@H](C)C2CC2)cc1. The number of fused-ring (bicyclic) bond motifs is 1. The molecular weight excluding hydrogens is 350 g/mol. The summed E-state index contributed by atoms with van der Waals surface area (Å²) in [6.45, 7) is 2.65. The van der Waals surface area contributed by atoms with E-state index in [1.165, 1.54) is 6.20 Å². The summed E-state index contributed by atoms with van der Waals surface area (Å²) in [5.74, 6) is 1.75. The zero-order valence-electron chi connectivity index (χ0n) is 14.8. The molecule has 0 bridgehead atoms. The smallest absolute Gasteiger partial charge is 0.267 e. The van der Waals surface area contributed by atoms with Crippen LogP contribution in [0.1, 0.15) is 30.1 Å². The third-order valence-electron chi connectivity index (χ3n) is 5.07. The minimum atomic E-state index is -0.278. The summed E-state index contributed by atoms with van der Waals surface area (Å²) in [7, 11) is 1.61. The molecule has 1 amide bonds. The lowest BCUT2D eigenvalue weighted by Gasteiger charge is -2.29. The lowest BCUT2D eigenvalue weighted by atomic mass is 10.1. The summed E-state index contributed by atoms with van der Waals surface area (Å²) in [4.78, 5) is 32.2. The first-order valence-corrected chi connectivity index (χ1v) is 9.79. The van der Waals surface area contributed by atoms with Crippen LogP contribution in [0.3, 0.4) is 0 Å². The maximum absolute atomic E-state index is 13.3. The molecule has 1 aromatic carbocycles. The first-order chi connectivity index (χ1) is 12.6. The molecule has 2 aromatic rings. The summed E-state index contributed by atoms with van der Waals surface area (Å²) in [5, 5.41) is 0.692.